The van der Waals surface area contributed by atoms with Gasteiger partial charge in [-0.05, 0) is 80.0 Å². The number of aliphatic hydroxyl groups is 3. The van der Waals surface area contributed by atoms with Gasteiger partial charge in [0.05, 0.1) is 18.1 Å². The predicted octanol–water partition coefficient (Wildman–Crippen LogP) is 2.90. The molecule has 4 aliphatic carbocycles. The Kier molecular flexibility index (Phi) is 4.92. The molecule has 28 heavy (non-hydrogen) atoms. The van der Waals surface area contributed by atoms with Crippen LogP contribution in [0.5, 0.6) is 0 Å². The van der Waals surface area contributed by atoms with Crippen LogP contribution < -0.4 is 0 Å². The van der Waals surface area contributed by atoms with E-state index in [2.05, 4.69) is 20.8 Å². The highest BCUT2D eigenvalue weighted by Crippen LogP contribution is 2.75. The van der Waals surface area contributed by atoms with E-state index in [-0.39, 0.29) is 53.9 Å². The second kappa shape index (κ2) is 6.68. The molecule has 0 radical (unpaired) electrons. The topological polar surface area (TPSA) is 87.0 Å². The Morgan fingerprint density at radius 2 is 1.75 bits per heavy atom. The summed E-state index contributed by atoms with van der Waals surface area (Å²) in [6.45, 7) is 6.65. The Morgan fingerprint density at radius 1 is 1.04 bits per heavy atom. The number of rotatable bonds is 4. The van der Waals surface area contributed by atoms with Crippen molar-refractivity contribution in [2.75, 3.05) is 19.8 Å². The lowest BCUT2D eigenvalue weighted by Gasteiger charge is -2.64. The molecule has 4 saturated carbocycles. The third kappa shape index (κ3) is 2.51. The van der Waals surface area contributed by atoms with Crippen LogP contribution >= 0.6 is 0 Å². The molecule has 4 aliphatic rings. The van der Waals surface area contributed by atoms with Crippen LogP contribution in [0.1, 0.15) is 72.1 Å². The van der Waals surface area contributed by atoms with Gasteiger partial charge in [-0.25, -0.2) is 0 Å². The standard InChI is InChI=1S/C23H38O5/c1-20-9-5-17-21(2)7-4-8-22(3,19(27)28-12-11-24)16(21)6-10-23(17,14-20)15(13-25)18(20)26/h15-18,24-26H,4-14H2,1-3H3/t15-,16+,17+,18-,20+,21-,22-,23-/m1/s1. The quantitative estimate of drug-likeness (QED) is 0.638. The Bertz CT molecular complexity index is 636. The molecular formula is C23H38O5. The number of ether oxygens (including phenoxy) is 1. The SMILES string of the molecule is C[C@]12CC[C@H]3[C@]4(C)CCC[C@@](C)(C(=O)OCCO)[C@H]4CC[C@@]3(C1)[C@H](CO)[C@H]2O. The highest BCUT2D eigenvalue weighted by Gasteiger charge is 2.71. The molecule has 0 heterocycles. The largest absolute Gasteiger partial charge is 0.463 e. The second-order valence-corrected chi connectivity index (χ2v) is 11.1. The van der Waals surface area contributed by atoms with Crippen molar-refractivity contribution in [3.63, 3.8) is 0 Å². The fourth-order valence-corrected chi connectivity index (χ4v) is 8.82. The molecule has 0 saturated heterocycles. The van der Waals surface area contributed by atoms with Gasteiger partial charge in [0.2, 0.25) is 0 Å². The van der Waals surface area contributed by atoms with E-state index in [1.807, 2.05) is 0 Å². The summed E-state index contributed by atoms with van der Waals surface area (Å²) in [6.07, 6.45) is 7.57. The minimum atomic E-state index is -0.504. The number of hydrogen-bond acceptors (Lipinski definition) is 5. The van der Waals surface area contributed by atoms with Crippen LogP contribution in [0.25, 0.3) is 0 Å². The number of carbonyl (C=O) groups is 1. The van der Waals surface area contributed by atoms with E-state index in [0.29, 0.717) is 5.92 Å². The van der Waals surface area contributed by atoms with Gasteiger partial charge in [-0.3, -0.25) is 4.79 Å². The maximum atomic E-state index is 13.0. The normalized spacial score (nSPS) is 52.6. The van der Waals surface area contributed by atoms with Crippen molar-refractivity contribution in [1.82, 2.24) is 0 Å². The van der Waals surface area contributed by atoms with E-state index in [9.17, 15) is 15.0 Å². The van der Waals surface area contributed by atoms with E-state index < -0.39 is 11.5 Å². The summed E-state index contributed by atoms with van der Waals surface area (Å²) in [5, 5.41) is 30.4. The third-order valence-corrected chi connectivity index (χ3v) is 9.92. The van der Waals surface area contributed by atoms with Crippen molar-refractivity contribution in [3.8, 4) is 0 Å². The molecule has 0 aliphatic heterocycles. The molecule has 0 aromatic carbocycles. The van der Waals surface area contributed by atoms with Crippen LogP contribution in [0.3, 0.4) is 0 Å². The molecule has 5 nitrogen and oxygen atoms in total. The molecule has 0 amide bonds. The van der Waals surface area contributed by atoms with Gasteiger partial charge in [-0.1, -0.05) is 20.3 Å². The molecule has 0 aromatic rings. The first-order chi connectivity index (χ1) is 13.2. The van der Waals surface area contributed by atoms with Gasteiger partial charge >= 0.3 is 5.97 Å². The Hall–Kier alpha value is -0.650. The molecular weight excluding hydrogens is 356 g/mol. The van der Waals surface area contributed by atoms with Gasteiger partial charge in [0, 0.05) is 12.5 Å². The monoisotopic (exact) mass is 394 g/mol. The molecule has 2 bridgehead atoms. The molecule has 8 atom stereocenters. The highest BCUT2D eigenvalue weighted by molar-refractivity contribution is 5.77. The van der Waals surface area contributed by atoms with Gasteiger partial charge in [-0.15, -0.1) is 0 Å². The van der Waals surface area contributed by atoms with E-state index >= 15 is 0 Å². The number of hydrogen-bond donors (Lipinski definition) is 3. The first-order valence-corrected chi connectivity index (χ1v) is 11.2. The summed E-state index contributed by atoms with van der Waals surface area (Å²) < 4.78 is 5.43. The van der Waals surface area contributed by atoms with E-state index in [1.165, 1.54) is 0 Å². The van der Waals surface area contributed by atoms with Crippen LogP contribution in [-0.2, 0) is 9.53 Å². The maximum absolute atomic E-state index is 13.0. The zero-order valence-corrected chi connectivity index (χ0v) is 17.7. The molecule has 0 unspecified atom stereocenters. The second-order valence-electron chi connectivity index (χ2n) is 11.1. The zero-order valence-electron chi connectivity index (χ0n) is 17.7. The smallest absolute Gasteiger partial charge is 0.312 e. The lowest BCUT2D eigenvalue weighted by atomic mass is 9.39. The van der Waals surface area contributed by atoms with Gasteiger partial charge in [-0.2, -0.15) is 0 Å². The average Bonchev–Trinajstić information content (AvgIpc) is 2.80. The summed E-state index contributed by atoms with van der Waals surface area (Å²) in [6, 6.07) is 0. The summed E-state index contributed by atoms with van der Waals surface area (Å²) in [5.74, 6) is 0.500. The van der Waals surface area contributed by atoms with Crippen LogP contribution in [0, 0.1) is 39.4 Å². The zero-order chi connectivity index (χ0) is 20.4. The van der Waals surface area contributed by atoms with E-state index in [1.54, 1.807) is 0 Å². The van der Waals surface area contributed by atoms with E-state index in [0.717, 1.165) is 51.4 Å². The fraction of sp³-hybridized carbons (Fsp3) is 0.957. The Morgan fingerprint density at radius 3 is 2.43 bits per heavy atom. The first-order valence-electron chi connectivity index (χ1n) is 11.2. The predicted molar refractivity (Wildman–Crippen MR) is 105 cm³/mol. The van der Waals surface area contributed by atoms with Crippen molar-refractivity contribution in [2.45, 2.75) is 78.2 Å². The number of fused-ring (bicyclic) bond motifs is 3. The maximum Gasteiger partial charge on any atom is 0.312 e. The molecule has 0 aromatic heterocycles. The van der Waals surface area contributed by atoms with Gasteiger partial charge in [0.25, 0.3) is 0 Å². The van der Waals surface area contributed by atoms with Crippen molar-refractivity contribution >= 4 is 5.97 Å². The molecule has 4 rings (SSSR count). The lowest BCUT2D eigenvalue weighted by Crippen LogP contribution is -2.60. The summed E-state index contributed by atoms with van der Waals surface area (Å²) in [4.78, 5) is 13.0. The average molecular weight is 395 g/mol. The van der Waals surface area contributed by atoms with Crippen molar-refractivity contribution in [1.29, 1.82) is 0 Å². The number of esters is 1. The number of aliphatic hydroxyl groups excluding tert-OH is 3. The molecule has 1 spiro atoms. The van der Waals surface area contributed by atoms with Gasteiger partial charge in [0.15, 0.2) is 0 Å². The summed E-state index contributed by atoms with van der Waals surface area (Å²) >= 11 is 0. The van der Waals surface area contributed by atoms with Crippen molar-refractivity contribution < 1.29 is 24.9 Å². The third-order valence-electron chi connectivity index (χ3n) is 9.92. The minimum absolute atomic E-state index is 0.000327. The minimum Gasteiger partial charge on any atom is -0.463 e. The summed E-state index contributed by atoms with van der Waals surface area (Å²) in [7, 11) is 0. The van der Waals surface area contributed by atoms with Crippen molar-refractivity contribution in [3.05, 3.63) is 0 Å². The Balaban J connectivity index is 1.70. The van der Waals surface area contributed by atoms with Gasteiger partial charge < -0.3 is 20.1 Å². The van der Waals surface area contributed by atoms with Crippen LogP contribution in [0.4, 0.5) is 0 Å². The summed E-state index contributed by atoms with van der Waals surface area (Å²) in [5.41, 5.74) is -0.552. The van der Waals surface area contributed by atoms with Crippen LogP contribution in [0.2, 0.25) is 0 Å². The lowest BCUT2D eigenvalue weighted by molar-refractivity contribution is -0.194. The Labute approximate surface area is 168 Å². The molecule has 160 valence electrons. The fourth-order valence-electron chi connectivity index (χ4n) is 8.82. The molecule has 4 fully saturated rings. The first kappa shape index (κ1) is 20.6. The van der Waals surface area contributed by atoms with Crippen molar-refractivity contribution in [2.24, 2.45) is 39.4 Å². The highest BCUT2D eigenvalue weighted by atomic mass is 16.5. The molecule has 3 N–H and O–H groups in total. The number of carbonyl (C=O) groups excluding carboxylic acids is 1. The van der Waals surface area contributed by atoms with E-state index in [4.69, 9.17) is 9.84 Å². The van der Waals surface area contributed by atoms with Crippen LogP contribution in [-0.4, -0.2) is 47.2 Å². The molecule has 5 heteroatoms. The van der Waals surface area contributed by atoms with Crippen LogP contribution in [0.15, 0.2) is 0 Å². The van der Waals surface area contributed by atoms with Gasteiger partial charge in [0.1, 0.15) is 6.61 Å².